The number of carbonyl (C=O) groups is 2. The summed E-state index contributed by atoms with van der Waals surface area (Å²) in [6, 6.07) is 9.77. The van der Waals surface area contributed by atoms with E-state index < -0.39 is 0 Å². The van der Waals surface area contributed by atoms with Crippen LogP contribution < -0.4 is 9.64 Å². The molecule has 1 atom stereocenters. The highest BCUT2D eigenvalue weighted by Gasteiger charge is 2.31. The summed E-state index contributed by atoms with van der Waals surface area (Å²) in [5.41, 5.74) is 1.85. The van der Waals surface area contributed by atoms with Crippen molar-refractivity contribution < 1.29 is 14.3 Å². The molecule has 30 heavy (non-hydrogen) atoms. The Balaban J connectivity index is 1.44. The molecule has 2 amide bonds. The minimum absolute atomic E-state index is 0.0408. The van der Waals surface area contributed by atoms with Gasteiger partial charge in [0.1, 0.15) is 17.9 Å². The van der Waals surface area contributed by atoms with Crippen LogP contribution in [0.25, 0.3) is 11.3 Å². The largest absolute Gasteiger partial charge is 0.497 e. The summed E-state index contributed by atoms with van der Waals surface area (Å²) in [5.74, 6) is 1.80. The van der Waals surface area contributed by atoms with Crippen LogP contribution >= 0.6 is 0 Å². The van der Waals surface area contributed by atoms with Gasteiger partial charge in [-0.2, -0.15) is 0 Å². The van der Waals surface area contributed by atoms with Crippen LogP contribution in [0.4, 0.5) is 5.82 Å². The van der Waals surface area contributed by atoms with Crippen molar-refractivity contribution in [3.05, 3.63) is 36.7 Å². The Bertz CT molecular complexity index is 881. The second-order valence-electron chi connectivity index (χ2n) is 7.74. The average molecular weight is 409 g/mol. The molecular weight excluding hydrogens is 382 g/mol. The summed E-state index contributed by atoms with van der Waals surface area (Å²) in [7, 11) is 1.65. The molecule has 158 valence electrons. The number of carbonyl (C=O) groups excluding carboxylic acids is 2. The summed E-state index contributed by atoms with van der Waals surface area (Å²) >= 11 is 0. The van der Waals surface area contributed by atoms with Gasteiger partial charge in [-0.3, -0.25) is 9.59 Å². The van der Waals surface area contributed by atoms with Crippen molar-refractivity contribution >= 4 is 18.1 Å². The maximum Gasteiger partial charge on any atom is 0.227 e. The number of anilines is 1. The van der Waals surface area contributed by atoms with E-state index in [1.165, 1.54) is 0 Å². The van der Waals surface area contributed by atoms with Gasteiger partial charge in [0.2, 0.25) is 12.3 Å². The quantitative estimate of drug-likeness (QED) is 0.699. The van der Waals surface area contributed by atoms with Crippen LogP contribution in [0.1, 0.15) is 12.8 Å². The van der Waals surface area contributed by atoms with Crippen LogP contribution in [0.15, 0.2) is 36.7 Å². The second kappa shape index (κ2) is 9.11. The van der Waals surface area contributed by atoms with E-state index in [1.807, 2.05) is 35.2 Å². The molecule has 1 unspecified atom stereocenters. The first-order chi connectivity index (χ1) is 14.7. The van der Waals surface area contributed by atoms with Crippen molar-refractivity contribution in [2.24, 2.45) is 5.92 Å². The van der Waals surface area contributed by atoms with E-state index in [9.17, 15) is 9.59 Å². The molecule has 2 aliphatic heterocycles. The lowest BCUT2D eigenvalue weighted by atomic mass is 9.96. The first-order valence-electron chi connectivity index (χ1n) is 10.4. The van der Waals surface area contributed by atoms with Gasteiger partial charge in [0, 0.05) is 50.9 Å². The van der Waals surface area contributed by atoms with E-state index >= 15 is 0 Å². The Labute approximate surface area is 176 Å². The first kappa shape index (κ1) is 20.1. The molecule has 0 radical (unpaired) electrons. The van der Waals surface area contributed by atoms with Gasteiger partial charge in [-0.05, 0) is 37.1 Å². The summed E-state index contributed by atoms with van der Waals surface area (Å²) < 4.78 is 5.22. The van der Waals surface area contributed by atoms with Crippen LogP contribution in [-0.2, 0) is 9.59 Å². The lowest BCUT2D eigenvalue weighted by Gasteiger charge is -2.38. The molecule has 2 saturated heterocycles. The zero-order chi connectivity index (χ0) is 20.9. The number of benzene rings is 1. The highest BCUT2D eigenvalue weighted by molar-refractivity contribution is 5.80. The van der Waals surface area contributed by atoms with Gasteiger partial charge >= 0.3 is 0 Å². The number of piperidine rings is 1. The smallest absolute Gasteiger partial charge is 0.227 e. The van der Waals surface area contributed by atoms with E-state index in [1.54, 1.807) is 18.3 Å². The van der Waals surface area contributed by atoms with Crippen molar-refractivity contribution in [3.8, 4) is 17.0 Å². The minimum atomic E-state index is -0.0408. The Morgan fingerprint density at radius 3 is 2.57 bits per heavy atom. The van der Waals surface area contributed by atoms with E-state index in [-0.39, 0.29) is 11.8 Å². The molecule has 0 saturated carbocycles. The van der Waals surface area contributed by atoms with Crippen LogP contribution in [0.3, 0.4) is 0 Å². The molecule has 3 heterocycles. The molecule has 1 aromatic heterocycles. The minimum Gasteiger partial charge on any atom is -0.497 e. The number of hydrogen-bond acceptors (Lipinski definition) is 6. The maximum atomic E-state index is 13.0. The van der Waals surface area contributed by atoms with E-state index in [0.29, 0.717) is 32.7 Å². The second-order valence-corrected chi connectivity index (χ2v) is 7.74. The Morgan fingerprint density at radius 2 is 1.87 bits per heavy atom. The van der Waals surface area contributed by atoms with Crippen molar-refractivity contribution in [1.82, 2.24) is 19.8 Å². The molecule has 0 aliphatic carbocycles. The third-order valence-corrected chi connectivity index (χ3v) is 5.91. The van der Waals surface area contributed by atoms with Gasteiger partial charge in [0.25, 0.3) is 0 Å². The third kappa shape index (κ3) is 4.37. The fourth-order valence-electron chi connectivity index (χ4n) is 4.13. The van der Waals surface area contributed by atoms with Gasteiger partial charge in [0.15, 0.2) is 0 Å². The number of rotatable bonds is 5. The Hall–Kier alpha value is -3.16. The summed E-state index contributed by atoms with van der Waals surface area (Å²) in [5, 5.41) is 0. The van der Waals surface area contributed by atoms with E-state index in [4.69, 9.17) is 4.74 Å². The number of methoxy groups -OCH3 is 1. The topological polar surface area (TPSA) is 78.9 Å². The monoisotopic (exact) mass is 409 g/mol. The lowest BCUT2D eigenvalue weighted by molar-refractivity contribution is -0.139. The van der Waals surface area contributed by atoms with Crippen LogP contribution in [0.5, 0.6) is 5.75 Å². The van der Waals surface area contributed by atoms with Crippen LogP contribution in [0, 0.1) is 5.92 Å². The van der Waals surface area contributed by atoms with Crippen molar-refractivity contribution in [2.75, 3.05) is 51.3 Å². The number of hydrogen-bond donors (Lipinski definition) is 0. The molecule has 8 heteroatoms. The predicted octanol–water partition coefficient (Wildman–Crippen LogP) is 1.67. The molecule has 2 aromatic rings. The molecular formula is C22H27N5O3. The number of piperazine rings is 1. The standard InChI is InChI=1S/C22H27N5O3/c1-30-19-6-4-17(5-7-19)20-13-21(24-15-23-20)27-8-2-3-18(14-27)22(29)26-11-9-25(16-28)10-12-26/h4-7,13,15-16,18H,2-3,8-12,14H2,1H3. The average Bonchev–Trinajstić information content (AvgIpc) is 2.84. The number of ether oxygens (including phenoxy) is 1. The summed E-state index contributed by atoms with van der Waals surface area (Å²) in [6.45, 7) is 3.99. The molecule has 1 aromatic carbocycles. The van der Waals surface area contributed by atoms with Gasteiger partial charge in [-0.1, -0.05) is 0 Å². The Morgan fingerprint density at radius 1 is 1.10 bits per heavy atom. The summed E-state index contributed by atoms with van der Waals surface area (Å²) in [4.78, 5) is 38.6. The molecule has 2 fully saturated rings. The maximum absolute atomic E-state index is 13.0. The van der Waals surface area contributed by atoms with E-state index in [0.717, 1.165) is 48.6 Å². The lowest BCUT2D eigenvalue weighted by Crippen LogP contribution is -2.52. The molecule has 0 bridgehead atoms. The zero-order valence-corrected chi connectivity index (χ0v) is 17.2. The number of amides is 2. The summed E-state index contributed by atoms with van der Waals surface area (Å²) in [6.07, 6.45) is 4.28. The fourth-order valence-corrected chi connectivity index (χ4v) is 4.13. The van der Waals surface area contributed by atoms with E-state index in [2.05, 4.69) is 14.9 Å². The molecule has 0 N–H and O–H groups in total. The Kier molecular flexibility index (Phi) is 6.11. The van der Waals surface area contributed by atoms with Crippen molar-refractivity contribution in [2.45, 2.75) is 12.8 Å². The van der Waals surface area contributed by atoms with Gasteiger partial charge < -0.3 is 19.4 Å². The van der Waals surface area contributed by atoms with Gasteiger partial charge in [-0.15, -0.1) is 0 Å². The SMILES string of the molecule is COc1ccc(-c2cc(N3CCCC(C(=O)N4CCN(C=O)CC4)C3)ncn2)cc1. The molecule has 0 spiro atoms. The highest BCUT2D eigenvalue weighted by Crippen LogP contribution is 2.27. The number of aromatic nitrogens is 2. The zero-order valence-electron chi connectivity index (χ0n) is 17.2. The molecule has 4 rings (SSSR count). The third-order valence-electron chi connectivity index (χ3n) is 5.91. The normalized spacial score (nSPS) is 19.5. The first-order valence-corrected chi connectivity index (χ1v) is 10.4. The fraction of sp³-hybridized carbons (Fsp3) is 0.455. The predicted molar refractivity (Wildman–Crippen MR) is 113 cm³/mol. The molecule has 2 aliphatic rings. The number of nitrogens with zero attached hydrogens (tertiary/aromatic N) is 5. The molecule has 8 nitrogen and oxygen atoms in total. The van der Waals surface area contributed by atoms with Crippen LogP contribution in [0.2, 0.25) is 0 Å². The van der Waals surface area contributed by atoms with Crippen molar-refractivity contribution in [1.29, 1.82) is 0 Å². The van der Waals surface area contributed by atoms with Crippen LogP contribution in [-0.4, -0.2) is 78.5 Å². The van der Waals surface area contributed by atoms with Gasteiger partial charge in [0.05, 0.1) is 18.7 Å². The van der Waals surface area contributed by atoms with Crippen molar-refractivity contribution in [3.63, 3.8) is 0 Å². The highest BCUT2D eigenvalue weighted by atomic mass is 16.5. The van der Waals surface area contributed by atoms with Gasteiger partial charge in [-0.25, -0.2) is 9.97 Å².